The number of benzene rings is 1. The van der Waals surface area contributed by atoms with Crippen molar-refractivity contribution in [1.29, 1.82) is 0 Å². The Bertz CT molecular complexity index is 921. The van der Waals surface area contributed by atoms with Crippen LogP contribution in [0.15, 0.2) is 23.3 Å². The number of nitrogens with two attached hydrogens (primary N) is 1. The molecule has 3 N–H and O–H groups in total. The fourth-order valence-electron chi connectivity index (χ4n) is 3.51. The molecule has 0 aliphatic heterocycles. The van der Waals surface area contributed by atoms with E-state index in [0.717, 1.165) is 12.0 Å². The van der Waals surface area contributed by atoms with E-state index in [1.54, 1.807) is 25.2 Å². The van der Waals surface area contributed by atoms with Crippen LogP contribution >= 0.6 is 0 Å². The van der Waals surface area contributed by atoms with Gasteiger partial charge in [-0.25, -0.2) is 0 Å². The Hall–Kier alpha value is -3.04. The van der Waals surface area contributed by atoms with E-state index in [0.29, 0.717) is 36.3 Å². The molecule has 0 saturated carbocycles. The Balaban J connectivity index is 1.68. The predicted molar refractivity (Wildman–Crippen MR) is 105 cm³/mol. The summed E-state index contributed by atoms with van der Waals surface area (Å²) in [6.45, 7) is 3.38. The fraction of sp³-hybridized carbons (Fsp3) is 0.421. The zero-order chi connectivity index (χ0) is 21.2. The summed E-state index contributed by atoms with van der Waals surface area (Å²) in [6, 6.07) is 5.24. The first-order chi connectivity index (χ1) is 13.7. The van der Waals surface area contributed by atoms with Crippen molar-refractivity contribution >= 4 is 24.0 Å². The molecule has 1 aromatic carbocycles. The van der Waals surface area contributed by atoms with Crippen LogP contribution in [0.5, 0.6) is 0 Å². The monoisotopic (exact) mass is 408 g/mol. The van der Waals surface area contributed by atoms with E-state index in [1.165, 1.54) is 9.69 Å². The lowest BCUT2D eigenvalue weighted by atomic mass is 9.95. The van der Waals surface area contributed by atoms with Gasteiger partial charge in [-0.05, 0) is 43.4 Å². The third kappa shape index (κ3) is 4.52. The van der Waals surface area contributed by atoms with Crippen LogP contribution in [0.1, 0.15) is 35.4 Å². The summed E-state index contributed by atoms with van der Waals surface area (Å²) in [5.74, 6) is -0.415. The molecule has 29 heavy (non-hydrogen) atoms. The molecule has 0 fully saturated rings. The first-order valence-corrected chi connectivity index (χ1v) is 9.22. The van der Waals surface area contributed by atoms with Crippen molar-refractivity contribution in [3.8, 4) is 0 Å². The standard InChI is InChI=1S/C19H23F3N6O/c1-24-27(2)16-8-7-12(9-14(16)23)10-25-17(29)11-28-15-6-4-3-5-13(15)18(26-28)19(20,21)22/h7-9H,1,3-6,10-11,23H2,2H3,(H,25,29). The number of halogens is 3. The van der Waals surface area contributed by atoms with Crippen LogP contribution in [-0.4, -0.2) is 29.5 Å². The molecule has 0 atom stereocenters. The van der Waals surface area contributed by atoms with Crippen LogP contribution in [-0.2, 0) is 36.9 Å². The number of aromatic nitrogens is 2. The minimum Gasteiger partial charge on any atom is -0.397 e. The molecule has 0 saturated heterocycles. The van der Waals surface area contributed by atoms with Gasteiger partial charge < -0.3 is 11.1 Å². The Kier molecular flexibility index (Phi) is 5.81. The molecule has 0 unspecified atom stereocenters. The van der Waals surface area contributed by atoms with Gasteiger partial charge in [0, 0.05) is 31.6 Å². The number of hydrazone groups is 1. The largest absolute Gasteiger partial charge is 0.435 e. The molecule has 0 radical (unpaired) electrons. The number of nitrogen functional groups attached to an aromatic ring is 1. The molecule has 1 heterocycles. The first-order valence-electron chi connectivity index (χ1n) is 9.22. The number of carbonyl (C=O) groups excluding carboxylic acids is 1. The van der Waals surface area contributed by atoms with E-state index < -0.39 is 17.8 Å². The van der Waals surface area contributed by atoms with E-state index in [1.807, 2.05) is 0 Å². The lowest BCUT2D eigenvalue weighted by Gasteiger charge is -2.16. The molecule has 1 aliphatic rings. The highest BCUT2D eigenvalue weighted by Crippen LogP contribution is 2.35. The Morgan fingerprint density at radius 1 is 1.38 bits per heavy atom. The number of amides is 1. The van der Waals surface area contributed by atoms with Gasteiger partial charge in [-0.1, -0.05) is 6.07 Å². The maximum atomic E-state index is 13.2. The van der Waals surface area contributed by atoms with Crippen LogP contribution in [0.3, 0.4) is 0 Å². The minimum absolute atomic E-state index is 0.199. The van der Waals surface area contributed by atoms with Crippen molar-refractivity contribution in [3.63, 3.8) is 0 Å². The lowest BCUT2D eigenvalue weighted by molar-refractivity contribution is -0.142. The number of fused-ring (bicyclic) bond motifs is 1. The molecule has 156 valence electrons. The molecule has 2 aromatic rings. The highest BCUT2D eigenvalue weighted by Gasteiger charge is 2.39. The molecular weight excluding hydrogens is 385 g/mol. The molecule has 7 nitrogen and oxygen atoms in total. The summed E-state index contributed by atoms with van der Waals surface area (Å²) in [6.07, 6.45) is -2.20. The van der Waals surface area contributed by atoms with Crippen molar-refractivity contribution < 1.29 is 18.0 Å². The summed E-state index contributed by atoms with van der Waals surface area (Å²) in [7, 11) is 1.71. The average molecular weight is 408 g/mol. The van der Waals surface area contributed by atoms with Gasteiger partial charge in [0.25, 0.3) is 0 Å². The first kappa shape index (κ1) is 20.7. The molecular formula is C19H23F3N6O. The Morgan fingerprint density at radius 3 is 2.76 bits per heavy atom. The van der Waals surface area contributed by atoms with Crippen molar-refractivity contribution in [2.75, 3.05) is 17.8 Å². The van der Waals surface area contributed by atoms with Crippen LogP contribution in [0, 0.1) is 0 Å². The maximum Gasteiger partial charge on any atom is 0.435 e. The van der Waals surface area contributed by atoms with Crippen LogP contribution in [0.25, 0.3) is 0 Å². The van der Waals surface area contributed by atoms with Crippen molar-refractivity contribution in [3.05, 3.63) is 40.7 Å². The summed E-state index contributed by atoms with van der Waals surface area (Å²) in [5, 5.41) is 11.7. The smallest absolute Gasteiger partial charge is 0.397 e. The highest BCUT2D eigenvalue weighted by atomic mass is 19.4. The van der Waals surface area contributed by atoms with Gasteiger partial charge in [-0.3, -0.25) is 14.5 Å². The van der Waals surface area contributed by atoms with Gasteiger partial charge >= 0.3 is 6.18 Å². The predicted octanol–water partition coefficient (Wildman–Crippen LogP) is 2.73. The normalized spacial score (nSPS) is 13.7. The zero-order valence-corrected chi connectivity index (χ0v) is 16.1. The van der Waals surface area contributed by atoms with Crippen LogP contribution < -0.4 is 16.1 Å². The van der Waals surface area contributed by atoms with E-state index in [9.17, 15) is 18.0 Å². The number of hydrogen-bond acceptors (Lipinski definition) is 5. The molecule has 3 rings (SSSR count). The summed E-state index contributed by atoms with van der Waals surface area (Å²) < 4.78 is 40.9. The third-order valence-electron chi connectivity index (χ3n) is 4.96. The Morgan fingerprint density at radius 2 is 2.10 bits per heavy atom. The van der Waals surface area contributed by atoms with E-state index in [4.69, 9.17) is 5.73 Å². The van der Waals surface area contributed by atoms with Crippen molar-refractivity contribution in [2.24, 2.45) is 5.10 Å². The fourth-order valence-corrected chi connectivity index (χ4v) is 3.51. The lowest BCUT2D eigenvalue weighted by Crippen LogP contribution is -2.28. The minimum atomic E-state index is -4.52. The Labute approximate surface area is 166 Å². The molecule has 1 aromatic heterocycles. The number of hydrogen-bond donors (Lipinski definition) is 2. The number of rotatable bonds is 6. The second-order valence-electron chi connectivity index (χ2n) is 6.97. The molecule has 0 spiro atoms. The third-order valence-corrected chi connectivity index (χ3v) is 4.96. The van der Waals surface area contributed by atoms with Gasteiger partial charge in [0.1, 0.15) is 6.54 Å². The molecule has 10 heteroatoms. The topological polar surface area (TPSA) is 88.5 Å². The van der Waals surface area contributed by atoms with Gasteiger partial charge in [0.15, 0.2) is 5.69 Å². The average Bonchev–Trinajstić information content (AvgIpc) is 3.05. The number of alkyl halides is 3. The number of nitrogens with one attached hydrogen (secondary N) is 1. The SMILES string of the molecule is C=NN(C)c1ccc(CNC(=O)Cn2nc(C(F)(F)F)c3c2CCCC3)cc1N. The summed E-state index contributed by atoms with van der Waals surface area (Å²) in [4.78, 5) is 12.3. The number of carbonyl (C=O) groups is 1. The summed E-state index contributed by atoms with van der Waals surface area (Å²) in [5.41, 5.74) is 7.75. The van der Waals surface area contributed by atoms with Crippen molar-refractivity contribution in [1.82, 2.24) is 15.1 Å². The highest BCUT2D eigenvalue weighted by molar-refractivity contribution is 5.76. The van der Waals surface area contributed by atoms with Gasteiger partial charge in [0.05, 0.1) is 11.4 Å². The molecule has 1 aliphatic carbocycles. The van der Waals surface area contributed by atoms with E-state index >= 15 is 0 Å². The van der Waals surface area contributed by atoms with E-state index in [-0.39, 0.29) is 18.7 Å². The van der Waals surface area contributed by atoms with Gasteiger partial charge in [0.2, 0.25) is 5.91 Å². The van der Waals surface area contributed by atoms with Crippen molar-refractivity contribution in [2.45, 2.75) is 44.9 Å². The number of anilines is 2. The van der Waals surface area contributed by atoms with Crippen LogP contribution in [0.4, 0.5) is 24.5 Å². The summed E-state index contributed by atoms with van der Waals surface area (Å²) >= 11 is 0. The number of nitrogens with zero attached hydrogens (tertiary/aromatic N) is 4. The molecule has 0 bridgehead atoms. The maximum absolute atomic E-state index is 13.2. The van der Waals surface area contributed by atoms with Gasteiger partial charge in [-0.15, -0.1) is 0 Å². The van der Waals surface area contributed by atoms with E-state index in [2.05, 4.69) is 22.2 Å². The second kappa shape index (κ2) is 8.14. The quantitative estimate of drug-likeness (QED) is 0.437. The van der Waals surface area contributed by atoms with Gasteiger partial charge in [-0.2, -0.15) is 23.4 Å². The molecule has 1 amide bonds. The van der Waals surface area contributed by atoms with Crippen LogP contribution in [0.2, 0.25) is 0 Å². The second-order valence-corrected chi connectivity index (χ2v) is 6.97. The zero-order valence-electron chi connectivity index (χ0n) is 16.1.